The van der Waals surface area contributed by atoms with Crippen molar-refractivity contribution in [1.29, 1.82) is 0 Å². The molecule has 0 saturated carbocycles. The van der Waals surface area contributed by atoms with Crippen LogP contribution in [0.1, 0.15) is 0 Å². The third-order valence-corrected chi connectivity index (χ3v) is 6.36. The Hall–Kier alpha value is -2.67. The first-order chi connectivity index (χ1) is 14.3. The van der Waals surface area contributed by atoms with Crippen molar-refractivity contribution in [1.82, 2.24) is 9.55 Å². The monoisotopic (exact) mass is 460 g/mol. The second-order valence-electron chi connectivity index (χ2n) is 6.68. The first kappa shape index (κ1) is 20.6. The van der Waals surface area contributed by atoms with Gasteiger partial charge in [-0.2, -0.15) is 0 Å². The maximum Gasteiger partial charge on any atom is 0.175 e. The van der Waals surface area contributed by atoms with Crippen LogP contribution in [0.2, 0.25) is 10.0 Å². The van der Waals surface area contributed by atoms with E-state index in [4.69, 9.17) is 23.2 Å². The van der Waals surface area contributed by atoms with E-state index in [0.29, 0.717) is 16.5 Å². The molecule has 3 aromatic carbocycles. The zero-order chi connectivity index (χ0) is 21.5. The van der Waals surface area contributed by atoms with Crippen molar-refractivity contribution in [3.63, 3.8) is 0 Å². The number of imidazole rings is 1. The van der Waals surface area contributed by atoms with Gasteiger partial charge in [-0.25, -0.2) is 17.8 Å². The average Bonchev–Trinajstić information content (AvgIpc) is 3.16. The van der Waals surface area contributed by atoms with E-state index in [1.165, 1.54) is 18.3 Å². The van der Waals surface area contributed by atoms with Crippen LogP contribution >= 0.6 is 23.2 Å². The van der Waals surface area contributed by atoms with Gasteiger partial charge >= 0.3 is 0 Å². The topological polar surface area (TPSA) is 52.0 Å². The Balaban J connectivity index is 1.79. The molecule has 0 saturated heterocycles. The van der Waals surface area contributed by atoms with Gasteiger partial charge in [-0.05, 0) is 47.5 Å². The third kappa shape index (κ3) is 3.86. The van der Waals surface area contributed by atoms with Crippen LogP contribution in [0.5, 0.6) is 0 Å². The summed E-state index contributed by atoms with van der Waals surface area (Å²) in [7, 11) is -3.32. The van der Waals surface area contributed by atoms with E-state index >= 15 is 0 Å². The molecule has 0 aliphatic carbocycles. The number of rotatable bonds is 4. The average molecular weight is 461 g/mol. The predicted molar refractivity (Wildman–Crippen MR) is 118 cm³/mol. The van der Waals surface area contributed by atoms with Gasteiger partial charge in [-0.1, -0.05) is 47.5 Å². The van der Waals surface area contributed by atoms with Crippen LogP contribution in [0.15, 0.2) is 78.0 Å². The minimum Gasteiger partial charge on any atom is -0.298 e. The number of sulfone groups is 1. The molecule has 0 unspecified atom stereocenters. The molecule has 0 radical (unpaired) electrons. The molecule has 0 atom stereocenters. The van der Waals surface area contributed by atoms with E-state index in [-0.39, 0.29) is 15.5 Å². The summed E-state index contributed by atoms with van der Waals surface area (Å²) >= 11 is 12.7. The summed E-state index contributed by atoms with van der Waals surface area (Å²) in [5, 5.41) is 0.636. The lowest BCUT2D eigenvalue weighted by atomic mass is 10.1. The van der Waals surface area contributed by atoms with Crippen molar-refractivity contribution >= 4 is 33.0 Å². The highest BCUT2D eigenvalue weighted by molar-refractivity contribution is 7.90. The molecular weight excluding hydrogens is 446 g/mol. The Morgan fingerprint density at radius 1 is 0.933 bits per heavy atom. The second-order valence-corrected chi connectivity index (χ2v) is 9.51. The van der Waals surface area contributed by atoms with Gasteiger partial charge in [0.25, 0.3) is 0 Å². The summed E-state index contributed by atoms with van der Waals surface area (Å²) in [4.78, 5) is 4.49. The third-order valence-electron chi connectivity index (χ3n) is 4.63. The molecule has 4 aromatic rings. The van der Waals surface area contributed by atoms with E-state index in [9.17, 15) is 12.8 Å². The zero-order valence-corrected chi connectivity index (χ0v) is 18.0. The van der Waals surface area contributed by atoms with Crippen molar-refractivity contribution < 1.29 is 12.8 Å². The number of hydrogen-bond acceptors (Lipinski definition) is 3. The van der Waals surface area contributed by atoms with Crippen LogP contribution in [0, 0.1) is 5.82 Å². The first-order valence-electron chi connectivity index (χ1n) is 8.84. The summed E-state index contributed by atoms with van der Waals surface area (Å²) in [6.45, 7) is 0. The predicted octanol–water partition coefficient (Wildman–Crippen LogP) is 6.06. The fourth-order valence-electron chi connectivity index (χ4n) is 3.18. The summed E-state index contributed by atoms with van der Waals surface area (Å²) in [5.74, 6) is -0.160. The molecule has 152 valence electrons. The van der Waals surface area contributed by atoms with Crippen LogP contribution in [-0.2, 0) is 9.84 Å². The summed E-state index contributed by atoms with van der Waals surface area (Å²) in [6, 6.07) is 16.4. The molecule has 0 aliphatic heterocycles. The Bertz CT molecular complexity index is 1350. The molecular formula is C22H15Cl2FN2O2S. The van der Waals surface area contributed by atoms with Crippen molar-refractivity contribution in [2.24, 2.45) is 0 Å². The minimum atomic E-state index is -3.32. The Morgan fingerprint density at radius 3 is 2.37 bits per heavy atom. The SMILES string of the molecule is CS(=O)(=O)c1cccc(-c2ccc(-n3ccnc3-c3c(F)cccc3Cl)c(Cl)c2)c1. The highest BCUT2D eigenvalue weighted by atomic mass is 35.5. The lowest BCUT2D eigenvalue weighted by Crippen LogP contribution is -2.00. The number of halogens is 3. The maximum atomic E-state index is 14.4. The molecule has 4 nitrogen and oxygen atoms in total. The standard InChI is InChI=1S/C22H15Cl2FN2O2S/c1-30(28,29)16-5-2-4-14(12-16)15-8-9-20(18(24)13-15)27-11-10-26-22(27)21-17(23)6-3-7-19(21)25/h2-13H,1H3. The number of nitrogens with zero attached hydrogens (tertiary/aromatic N) is 2. The lowest BCUT2D eigenvalue weighted by molar-refractivity contribution is 0.602. The number of hydrogen-bond donors (Lipinski definition) is 0. The molecule has 4 rings (SSSR count). The molecule has 0 amide bonds. The normalized spacial score (nSPS) is 11.6. The van der Waals surface area contributed by atoms with Crippen LogP contribution in [0.4, 0.5) is 4.39 Å². The largest absolute Gasteiger partial charge is 0.298 e. The van der Waals surface area contributed by atoms with Crippen LogP contribution in [0.25, 0.3) is 28.2 Å². The summed E-state index contributed by atoms with van der Waals surface area (Å²) in [6.07, 6.45) is 4.37. The van der Waals surface area contributed by atoms with Gasteiger partial charge < -0.3 is 0 Å². The van der Waals surface area contributed by atoms with Gasteiger partial charge in [-0.3, -0.25) is 4.57 Å². The molecule has 0 bridgehead atoms. The lowest BCUT2D eigenvalue weighted by Gasteiger charge is -2.13. The van der Waals surface area contributed by atoms with E-state index in [1.807, 2.05) is 12.1 Å². The number of aromatic nitrogens is 2. The van der Waals surface area contributed by atoms with Crippen molar-refractivity contribution in [3.05, 3.63) is 88.9 Å². The molecule has 1 aromatic heterocycles. The van der Waals surface area contributed by atoms with Gasteiger partial charge in [0.15, 0.2) is 9.84 Å². The molecule has 8 heteroatoms. The van der Waals surface area contributed by atoms with E-state index in [1.54, 1.807) is 47.2 Å². The van der Waals surface area contributed by atoms with Gasteiger partial charge in [-0.15, -0.1) is 0 Å². The summed E-state index contributed by atoms with van der Waals surface area (Å²) in [5.41, 5.74) is 2.24. The smallest absolute Gasteiger partial charge is 0.175 e. The van der Waals surface area contributed by atoms with Crippen molar-refractivity contribution in [3.8, 4) is 28.2 Å². The van der Waals surface area contributed by atoms with Crippen LogP contribution in [-0.4, -0.2) is 24.2 Å². The van der Waals surface area contributed by atoms with Crippen LogP contribution in [0.3, 0.4) is 0 Å². The molecule has 1 heterocycles. The van der Waals surface area contributed by atoms with Gasteiger partial charge in [0.05, 0.1) is 26.2 Å². The highest BCUT2D eigenvalue weighted by Crippen LogP contribution is 2.34. The maximum absolute atomic E-state index is 14.4. The van der Waals surface area contributed by atoms with E-state index in [0.717, 1.165) is 17.4 Å². The zero-order valence-electron chi connectivity index (χ0n) is 15.7. The second kappa shape index (κ2) is 7.87. The Labute approximate surface area is 183 Å². The minimum absolute atomic E-state index is 0.185. The highest BCUT2D eigenvalue weighted by Gasteiger charge is 2.17. The fourth-order valence-corrected chi connectivity index (χ4v) is 4.37. The molecule has 30 heavy (non-hydrogen) atoms. The molecule has 0 spiro atoms. The first-order valence-corrected chi connectivity index (χ1v) is 11.5. The quantitative estimate of drug-likeness (QED) is 0.372. The van der Waals surface area contributed by atoms with Crippen LogP contribution < -0.4 is 0 Å². The Morgan fingerprint density at radius 2 is 1.67 bits per heavy atom. The van der Waals surface area contributed by atoms with E-state index in [2.05, 4.69) is 4.98 Å². The molecule has 0 aliphatic rings. The summed E-state index contributed by atoms with van der Waals surface area (Å²) < 4.78 is 39.8. The van der Waals surface area contributed by atoms with Gasteiger partial charge in [0, 0.05) is 18.6 Å². The van der Waals surface area contributed by atoms with Crippen molar-refractivity contribution in [2.75, 3.05) is 6.26 Å². The van der Waals surface area contributed by atoms with Gasteiger partial charge in [0.2, 0.25) is 0 Å². The number of benzene rings is 3. The molecule has 0 fully saturated rings. The van der Waals surface area contributed by atoms with Crippen molar-refractivity contribution in [2.45, 2.75) is 4.90 Å². The van der Waals surface area contributed by atoms with E-state index < -0.39 is 15.7 Å². The fraction of sp³-hybridized carbons (Fsp3) is 0.0455. The molecule has 0 N–H and O–H groups in total. The Kier molecular flexibility index (Phi) is 5.40. The van der Waals surface area contributed by atoms with Gasteiger partial charge in [0.1, 0.15) is 11.6 Å².